The van der Waals surface area contributed by atoms with Gasteiger partial charge in [-0.3, -0.25) is 9.20 Å². The van der Waals surface area contributed by atoms with Gasteiger partial charge in [0.2, 0.25) is 0 Å². The lowest BCUT2D eigenvalue weighted by molar-refractivity contribution is -0.664. The van der Waals surface area contributed by atoms with Crippen molar-refractivity contribution in [2.75, 3.05) is 25.0 Å². The number of hydrogen-bond donors (Lipinski definition) is 2. The molecular weight excluding hydrogens is 385 g/mol. The highest BCUT2D eigenvalue weighted by molar-refractivity contribution is 5.89. The number of likely N-dealkylation sites (N-methyl/N-ethyl adjacent to an activating group) is 1. The molecule has 2 aromatic rings. The summed E-state index contributed by atoms with van der Waals surface area (Å²) in [5.74, 6) is -1.07. The molecule has 6 nitrogen and oxygen atoms in total. The number of pyridine rings is 2. The molecule has 152 valence electrons. The maximum Gasteiger partial charge on any atom is 0.341 e. The minimum Gasteiger partial charge on any atom is -1.00 e. The summed E-state index contributed by atoms with van der Waals surface area (Å²) in [6.45, 7) is 5.52. The van der Waals surface area contributed by atoms with E-state index in [0.29, 0.717) is 23.2 Å². The Kier molecular flexibility index (Phi) is 5.42. The number of rotatable bonds is 4. The van der Waals surface area contributed by atoms with E-state index in [1.54, 1.807) is 0 Å². The number of nitrogens with two attached hydrogens (primary N) is 1. The molecule has 0 bridgehead atoms. The highest BCUT2D eigenvalue weighted by Gasteiger charge is 2.35. The Morgan fingerprint density at radius 1 is 1.32 bits per heavy atom. The minimum absolute atomic E-state index is 0. The third-order valence-corrected chi connectivity index (χ3v) is 6.10. The predicted octanol–water partition coefficient (Wildman–Crippen LogP) is -1.66. The largest absolute Gasteiger partial charge is 1.00 e. The number of carboxylic acid groups (broad SMARTS) is 1. The first-order valence-electron chi connectivity index (χ1n) is 9.49. The Balaban J connectivity index is 0.00000225. The first-order chi connectivity index (χ1) is 12.8. The molecule has 2 atom stereocenters. The van der Waals surface area contributed by atoms with E-state index in [4.69, 9.17) is 0 Å². The molecule has 0 spiro atoms. The van der Waals surface area contributed by atoms with Crippen LogP contribution in [0.25, 0.3) is 5.52 Å². The van der Waals surface area contributed by atoms with Crippen LogP contribution < -0.4 is 28.2 Å². The van der Waals surface area contributed by atoms with Gasteiger partial charge in [-0.15, -0.1) is 0 Å². The zero-order chi connectivity index (χ0) is 19.5. The van der Waals surface area contributed by atoms with Crippen LogP contribution in [0.1, 0.15) is 47.2 Å². The number of aromatic nitrogens is 1. The second kappa shape index (κ2) is 7.37. The Morgan fingerprint density at radius 3 is 2.54 bits per heavy atom. The van der Waals surface area contributed by atoms with Crippen molar-refractivity contribution in [2.24, 2.45) is 5.92 Å². The van der Waals surface area contributed by atoms with Crippen LogP contribution in [-0.2, 0) is 0 Å². The fourth-order valence-electron chi connectivity index (χ4n) is 4.50. The summed E-state index contributed by atoms with van der Waals surface area (Å²) in [6.07, 6.45) is 3.10. The van der Waals surface area contributed by atoms with Crippen LogP contribution >= 0.6 is 0 Å². The smallest absolute Gasteiger partial charge is 0.341 e. The van der Waals surface area contributed by atoms with Crippen LogP contribution in [0.5, 0.6) is 0 Å². The van der Waals surface area contributed by atoms with Crippen molar-refractivity contribution in [3.05, 3.63) is 45.1 Å². The molecule has 1 saturated carbocycles. The van der Waals surface area contributed by atoms with E-state index in [-0.39, 0.29) is 23.9 Å². The first kappa shape index (κ1) is 20.6. The predicted molar refractivity (Wildman–Crippen MR) is 100 cm³/mol. The van der Waals surface area contributed by atoms with Gasteiger partial charge in [-0.25, -0.2) is 9.18 Å². The number of quaternary nitrogens is 1. The summed E-state index contributed by atoms with van der Waals surface area (Å²) >= 11 is 0. The van der Waals surface area contributed by atoms with Crippen LogP contribution in [-0.4, -0.2) is 41.7 Å². The van der Waals surface area contributed by atoms with Gasteiger partial charge in [0.25, 0.3) is 5.56 Å². The Hall–Kier alpha value is -2.12. The van der Waals surface area contributed by atoms with Gasteiger partial charge in [0.15, 0.2) is 5.82 Å². The Labute approximate surface area is 168 Å². The lowest BCUT2D eigenvalue weighted by Crippen LogP contribution is -3.00. The van der Waals surface area contributed by atoms with E-state index in [1.807, 2.05) is 14.0 Å². The number of carbonyl (C=O) groups is 1. The average molecular weight is 410 g/mol. The van der Waals surface area contributed by atoms with Gasteiger partial charge in [0.05, 0.1) is 31.0 Å². The van der Waals surface area contributed by atoms with Crippen molar-refractivity contribution < 1.29 is 32.0 Å². The molecule has 0 unspecified atom stereocenters. The van der Waals surface area contributed by atoms with Gasteiger partial charge >= 0.3 is 5.97 Å². The standard InChI is InChI=1S/C20H24FN3O3.ClH/c1-10-7-23(9-16(10)22-3)18-11(2)17-13(12-4-5-12)6-14(20(26)27)19(25)24(17)8-15(18)21;/h6,8,10,12,16,22H,4-5,7,9H2,1-3H3,(H,26,27);1H/t10-,16-;/m0./s1. The number of carboxylic acids is 1. The molecule has 1 aliphatic carbocycles. The van der Waals surface area contributed by atoms with Gasteiger partial charge in [-0.1, -0.05) is 6.92 Å². The lowest BCUT2D eigenvalue weighted by Gasteiger charge is -2.23. The van der Waals surface area contributed by atoms with Crippen LogP contribution in [0.2, 0.25) is 0 Å². The summed E-state index contributed by atoms with van der Waals surface area (Å²) in [5, 5.41) is 11.5. The molecule has 1 saturated heterocycles. The molecule has 0 amide bonds. The molecule has 0 radical (unpaired) electrons. The molecule has 2 aliphatic rings. The second-order valence-electron chi connectivity index (χ2n) is 7.95. The second-order valence-corrected chi connectivity index (χ2v) is 7.95. The van der Waals surface area contributed by atoms with Gasteiger partial charge in [0, 0.05) is 12.5 Å². The summed E-state index contributed by atoms with van der Waals surface area (Å²) in [7, 11) is 2.03. The summed E-state index contributed by atoms with van der Waals surface area (Å²) in [6, 6.07) is 1.90. The third-order valence-electron chi connectivity index (χ3n) is 6.10. The fraction of sp³-hybridized carbons (Fsp3) is 0.500. The van der Waals surface area contributed by atoms with Gasteiger partial charge in [-0.2, -0.15) is 0 Å². The number of anilines is 1. The topological polar surface area (TPSA) is 78.6 Å². The summed E-state index contributed by atoms with van der Waals surface area (Å²) in [4.78, 5) is 26.2. The molecule has 4 rings (SSSR count). The van der Waals surface area contributed by atoms with E-state index in [0.717, 1.165) is 37.1 Å². The molecule has 3 heterocycles. The third kappa shape index (κ3) is 3.16. The van der Waals surface area contributed by atoms with Crippen LogP contribution in [0.15, 0.2) is 17.1 Å². The maximum absolute atomic E-state index is 15.1. The number of aryl methyl sites for hydroxylation is 1. The molecule has 28 heavy (non-hydrogen) atoms. The average Bonchev–Trinajstić information content (AvgIpc) is 3.38. The number of halogens is 2. The van der Waals surface area contributed by atoms with Crippen LogP contribution in [0.4, 0.5) is 10.1 Å². The summed E-state index contributed by atoms with van der Waals surface area (Å²) < 4.78 is 16.3. The molecule has 0 aromatic carbocycles. The summed E-state index contributed by atoms with van der Waals surface area (Å²) in [5.41, 5.74) is 1.80. The van der Waals surface area contributed by atoms with Crippen molar-refractivity contribution in [3.8, 4) is 0 Å². The molecule has 8 heteroatoms. The number of aromatic carboxylic acids is 1. The van der Waals surface area contributed by atoms with Crippen molar-refractivity contribution in [3.63, 3.8) is 0 Å². The SMILES string of the molecule is C[NH2+][C@H]1CN(c2c(F)cn3c(=O)c(C(=O)O)cc(C4CC4)c3c2C)C[C@@H]1C.[Cl-]. The Bertz CT molecular complexity index is 1000. The normalized spacial score (nSPS) is 21.8. The quantitative estimate of drug-likeness (QED) is 0.634. The van der Waals surface area contributed by atoms with Gasteiger partial charge in [0.1, 0.15) is 11.6 Å². The monoisotopic (exact) mass is 409 g/mol. The van der Waals surface area contributed by atoms with Crippen molar-refractivity contribution in [2.45, 2.75) is 38.6 Å². The Morgan fingerprint density at radius 2 is 2.00 bits per heavy atom. The van der Waals surface area contributed by atoms with E-state index >= 15 is 4.39 Å². The first-order valence-corrected chi connectivity index (χ1v) is 9.49. The van der Waals surface area contributed by atoms with E-state index in [9.17, 15) is 14.7 Å². The van der Waals surface area contributed by atoms with E-state index < -0.39 is 17.3 Å². The van der Waals surface area contributed by atoms with Gasteiger partial charge < -0.3 is 27.7 Å². The highest BCUT2D eigenvalue weighted by Crippen LogP contribution is 2.44. The maximum atomic E-state index is 15.1. The van der Waals surface area contributed by atoms with E-state index in [2.05, 4.69) is 17.1 Å². The lowest BCUT2D eigenvalue weighted by atomic mass is 10.0. The molecular formula is C20H25ClFN3O3. The van der Waals surface area contributed by atoms with Crippen molar-refractivity contribution >= 4 is 17.2 Å². The van der Waals surface area contributed by atoms with Gasteiger partial charge in [-0.05, 0) is 42.9 Å². The number of hydrogen-bond acceptors (Lipinski definition) is 3. The zero-order valence-corrected chi connectivity index (χ0v) is 17.0. The zero-order valence-electron chi connectivity index (χ0n) is 16.2. The van der Waals surface area contributed by atoms with E-state index in [1.165, 1.54) is 16.7 Å². The molecule has 2 aromatic heterocycles. The van der Waals surface area contributed by atoms with Crippen LogP contribution in [0.3, 0.4) is 0 Å². The fourth-order valence-corrected chi connectivity index (χ4v) is 4.50. The number of fused-ring (bicyclic) bond motifs is 1. The molecule has 2 fully saturated rings. The minimum atomic E-state index is -1.27. The molecule has 3 N–H and O–H groups in total. The highest BCUT2D eigenvalue weighted by atomic mass is 35.5. The molecule has 1 aliphatic heterocycles. The van der Waals surface area contributed by atoms with Crippen molar-refractivity contribution in [1.82, 2.24) is 4.40 Å². The number of nitrogens with zero attached hydrogens (tertiary/aromatic N) is 2. The van der Waals surface area contributed by atoms with Crippen LogP contribution in [0, 0.1) is 18.7 Å². The van der Waals surface area contributed by atoms with Crippen molar-refractivity contribution in [1.29, 1.82) is 0 Å².